The standard InChI is InChI=1S/C22H19N3O3S/c1-2-26-18-6-3-15(4-7-18)19-14-29-22(25-19)16(12-23)13-24-17-5-8-20-21(11-17)28-10-9-27-20/h3-8,11,13-14,24H,2,9-10H2,1H3/b16-13+. The molecule has 0 aliphatic carbocycles. The zero-order chi connectivity index (χ0) is 20.1. The predicted octanol–water partition coefficient (Wildman–Crippen LogP) is 4.96. The Bertz CT molecular complexity index is 1070. The molecule has 1 aliphatic heterocycles. The monoisotopic (exact) mass is 405 g/mol. The van der Waals surface area contributed by atoms with Gasteiger partial charge in [-0.05, 0) is 43.3 Å². The fourth-order valence-electron chi connectivity index (χ4n) is 2.85. The van der Waals surface area contributed by atoms with Crippen LogP contribution < -0.4 is 19.5 Å². The fourth-order valence-corrected chi connectivity index (χ4v) is 3.64. The van der Waals surface area contributed by atoms with Crippen molar-refractivity contribution in [2.45, 2.75) is 6.92 Å². The molecule has 29 heavy (non-hydrogen) atoms. The molecule has 1 aromatic heterocycles. The van der Waals surface area contributed by atoms with Crippen LogP contribution in [-0.2, 0) is 0 Å². The van der Waals surface area contributed by atoms with E-state index in [1.54, 1.807) is 6.20 Å². The van der Waals surface area contributed by atoms with Crippen molar-refractivity contribution in [1.29, 1.82) is 5.26 Å². The van der Waals surface area contributed by atoms with E-state index in [1.807, 2.05) is 54.8 Å². The summed E-state index contributed by atoms with van der Waals surface area (Å²) < 4.78 is 16.6. The minimum absolute atomic E-state index is 0.460. The van der Waals surface area contributed by atoms with E-state index in [9.17, 15) is 5.26 Å². The highest BCUT2D eigenvalue weighted by atomic mass is 32.1. The van der Waals surface area contributed by atoms with Crippen molar-refractivity contribution in [1.82, 2.24) is 4.98 Å². The van der Waals surface area contributed by atoms with Gasteiger partial charge in [-0.1, -0.05) is 0 Å². The van der Waals surface area contributed by atoms with Crippen LogP contribution in [0.5, 0.6) is 17.2 Å². The average Bonchev–Trinajstić information content (AvgIpc) is 3.25. The zero-order valence-corrected chi connectivity index (χ0v) is 16.7. The molecule has 0 spiro atoms. The summed E-state index contributed by atoms with van der Waals surface area (Å²) in [6.07, 6.45) is 1.66. The van der Waals surface area contributed by atoms with Crippen molar-refractivity contribution in [3.05, 3.63) is 59.1 Å². The zero-order valence-electron chi connectivity index (χ0n) is 15.8. The maximum Gasteiger partial charge on any atom is 0.163 e. The van der Waals surface area contributed by atoms with Crippen LogP contribution in [0.1, 0.15) is 11.9 Å². The van der Waals surface area contributed by atoms with E-state index in [4.69, 9.17) is 14.2 Å². The van der Waals surface area contributed by atoms with Crippen LogP contribution in [-0.4, -0.2) is 24.8 Å². The van der Waals surface area contributed by atoms with Crippen molar-refractivity contribution in [3.63, 3.8) is 0 Å². The number of aromatic nitrogens is 1. The van der Waals surface area contributed by atoms with Gasteiger partial charge in [-0.25, -0.2) is 4.98 Å². The summed E-state index contributed by atoms with van der Waals surface area (Å²) in [7, 11) is 0. The number of fused-ring (bicyclic) bond motifs is 1. The molecule has 0 saturated heterocycles. The lowest BCUT2D eigenvalue weighted by atomic mass is 10.2. The quantitative estimate of drug-likeness (QED) is 0.585. The van der Waals surface area contributed by atoms with E-state index in [0.717, 1.165) is 28.4 Å². The molecule has 4 rings (SSSR count). The van der Waals surface area contributed by atoms with Gasteiger partial charge in [-0.15, -0.1) is 11.3 Å². The van der Waals surface area contributed by atoms with E-state index in [2.05, 4.69) is 16.4 Å². The van der Waals surface area contributed by atoms with Gasteiger partial charge in [0, 0.05) is 28.9 Å². The average molecular weight is 405 g/mol. The lowest BCUT2D eigenvalue weighted by Gasteiger charge is -2.18. The largest absolute Gasteiger partial charge is 0.494 e. The molecular formula is C22H19N3O3S. The first kappa shape index (κ1) is 18.8. The minimum Gasteiger partial charge on any atom is -0.494 e. The molecule has 0 amide bonds. The van der Waals surface area contributed by atoms with Crippen LogP contribution in [0.3, 0.4) is 0 Å². The van der Waals surface area contributed by atoms with Gasteiger partial charge in [0.05, 0.1) is 12.3 Å². The Kier molecular flexibility index (Phi) is 5.63. The molecule has 0 atom stereocenters. The van der Waals surface area contributed by atoms with Crippen LogP contribution >= 0.6 is 11.3 Å². The van der Waals surface area contributed by atoms with Crippen LogP contribution in [0, 0.1) is 11.3 Å². The van der Waals surface area contributed by atoms with Crippen molar-refractivity contribution in [3.8, 4) is 34.6 Å². The lowest BCUT2D eigenvalue weighted by molar-refractivity contribution is 0.171. The van der Waals surface area contributed by atoms with Gasteiger partial charge in [0.15, 0.2) is 11.5 Å². The van der Waals surface area contributed by atoms with Crippen LogP contribution in [0.15, 0.2) is 54.0 Å². The number of nitrogens with one attached hydrogen (secondary N) is 1. The Balaban J connectivity index is 1.50. The molecule has 2 heterocycles. The number of nitrogens with zero attached hydrogens (tertiary/aromatic N) is 2. The number of ether oxygens (including phenoxy) is 3. The molecule has 0 saturated carbocycles. The SMILES string of the molecule is CCOc1ccc(-c2csc(/C(C#N)=C/Nc3ccc4c(c3)OCCO4)n2)cc1. The van der Waals surface area contributed by atoms with Crippen molar-refractivity contribution in [2.24, 2.45) is 0 Å². The molecule has 3 aromatic rings. The van der Waals surface area contributed by atoms with Gasteiger partial charge in [0.1, 0.15) is 35.6 Å². The Labute approximate surface area is 173 Å². The first-order chi connectivity index (χ1) is 14.3. The third-order valence-corrected chi connectivity index (χ3v) is 5.12. The van der Waals surface area contributed by atoms with E-state index in [1.165, 1.54) is 11.3 Å². The third-order valence-electron chi connectivity index (χ3n) is 4.24. The van der Waals surface area contributed by atoms with E-state index >= 15 is 0 Å². The maximum absolute atomic E-state index is 9.57. The summed E-state index contributed by atoms with van der Waals surface area (Å²) >= 11 is 1.43. The number of hydrogen-bond acceptors (Lipinski definition) is 7. The second kappa shape index (κ2) is 8.67. The minimum atomic E-state index is 0.460. The maximum atomic E-state index is 9.57. The van der Waals surface area contributed by atoms with Gasteiger partial charge in [-0.2, -0.15) is 5.26 Å². The number of benzene rings is 2. The second-order valence-electron chi connectivity index (χ2n) is 6.17. The van der Waals surface area contributed by atoms with Crippen LogP contribution in [0.4, 0.5) is 5.69 Å². The number of thiazole rings is 1. The van der Waals surface area contributed by atoms with E-state index in [-0.39, 0.29) is 0 Å². The summed E-state index contributed by atoms with van der Waals surface area (Å²) in [4.78, 5) is 4.61. The van der Waals surface area contributed by atoms with Crippen molar-refractivity contribution >= 4 is 22.6 Å². The molecule has 0 bridgehead atoms. The van der Waals surface area contributed by atoms with Gasteiger partial charge in [-0.3, -0.25) is 0 Å². The van der Waals surface area contributed by atoms with Crippen LogP contribution in [0.25, 0.3) is 16.8 Å². The van der Waals surface area contributed by atoms with Gasteiger partial charge in [0.25, 0.3) is 0 Å². The summed E-state index contributed by atoms with van der Waals surface area (Å²) in [5.41, 5.74) is 3.08. The molecule has 1 N–H and O–H groups in total. The number of hydrogen-bond donors (Lipinski definition) is 1. The first-order valence-corrected chi connectivity index (χ1v) is 10.1. The van der Waals surface area contributed by atoms with Crippen LogP contribution in [0.2, 0.25) is 0 Å². The van der Waals surface area contributed by atoms with E-state index in [0.29, 0.717) is 36.2 Å². The molecule has 0 unspecified atom stereocenters. The van der Waals surface area contributed by atoms with Gasteiger partial charge in [0.2, 0.25) is 0 Å². The second-order valence-corrected chi connectivity index (χ2v) is 7.03. The molecule has 6 nitrogen and oxygen atoms in total. The normalized spacial score (nSPS) is 12.9. The first-order valence-electron chi connectivity index (χ1n) is 9.22. The summed E-state index contributed by atoms with van der Waals surface area (Å²) in [5.74, 6) is 2.25. The molecule has 0 fully saturated rings. The molecule has 146 valence electrons. The fraction of sp³-hybridized carbons (Fsp3) is 0.182. The smallest absolute Gasteiger partial charge is 0.163 e. The highest BCUT2D eigenvalue weighted by Crippen LogP contribution is 2.33. The predicted molar refractivity (Wildman–Crippen MR) is 113 cm³/mol. The Morgan fingerprint density at radius 1 is 1.21 bits per heavy atom. The Morgan fingerprint density at radius 2 is 2.00 bits per heavy atom. The van der Waals surface area contributed by atoms with Gasteiger partial charge < -0.3 is 19.5 Å². The molecule has 7 heteroatoms. The third kappa shape index (κ3) is 4.33. The number of rotatable bonds is 6. The highest BCUT2D eigenvalue weighted by molar-refractivity contribution is 7.11. The highest BCUT2D eigenvalue weighted by Gasteiger charge is 2.12. The van der Waals surface area contributed by atoms with Crippen molar-refractivity contribution in [2.75, 3.05) is 25.1 Å². The number of anilines is 1. The number of nitriles is 1. The number of allylic oxidation sites excluding steroid dienone is 1. The molecule has 0 radical (unpaired) electrons. The Hall–Kier alpha value is -3.50. The lowest BCUT2D eigenvalue weighted by Crippen LogP contribution is -2.15. The van der Waals surface area contributed by atoms with Crippen molar-refractivity contribution < 1.29 is 14.2 Å². The molecular weight excluding hydrogens is 386 g/mol. The van der Waals surface area contributed by atoms with E-state index < -0.39 is 0 Å². The molecule has 1 aliphatic rings. The van der Waals surface area contributed by atoms with Gasteiger partial charge >= 0.3 is 0 Å². The topological polar surface area (TPSA) is 76.4 Å². The Morgan fingerprint density at radius 3 is 2.76 bits per heavy atom. The summed E-state index contributed by atoms with van der Waals surface area (Å²) in [6, 6.07) is 15.6. The summed E-state index contributed by atoms with van der Waals surface area (Å²) in [5, 5.41) is 15.3. The molecule has 2 aromatic carbocycles. The summed E-state index contributed by atoms with van der Waals surface area (Å²) in [6.45, 7) is 3.67.